The van der Waals surface area contributed by atoms with Crippen LogP contribution < -0.4 is 10.6 Å². The lowest BCUT2D eigenvalue weighted by molar-refractivity contribution is 0.0945. The molecule has 0 unspecified atom stereocenters. The number of rotatable bonds is 5. The van der Waals surface area contributed by atoms with Gasteiger partial charge >= 0.3 is 0 Å². The maximum Gasteiger partial charge on any atom is 0.270 e. The van der Waals surface area contributed by atoms with Crippen LogP contribution in [0.1, 0.15) is 16.2 Å². The van der Waals surface area contributed by atoms with Gasteiger partial charge in [-0.25, -0.2) is 0 Å². The normalized spacial score (nSPS) is 10.3. The van der Waals surface area contributed by atoms with Gasteiger partial charge in [-0.2, -0.15) is 0 Å². The van der Waals surface area contributed by atoms with E-state index >= 15 is 0 Å². The smallest absolute Gasteiger partial charge is 0.270 e. The van der Waals surface area contributed by atoms with Crippen molar-refractivity contribution in [1.82, 2.24) is 15.3 Å². The van der Waals surface area contributed by atoms with Gasteiger partial charge in [0, 0.05) is 23.8 Å². The number of carbonyl (C=O) groups is 1. The average molecular weight is 373 g/mol. The average Bonchev–Trinajstić information content (AvgIpc) is 2.64. The highest BCUT2D eigenvalue weighted by Gasteiger charge is 2.08. The number of benzene rings is 1. The fourth-order valence-corrected chi connectivity index (χ4v) is 2.44. The van der Waals surface area contributed by atoms with Gasteiger partial charge in [0.05, 0.1) is 22.3 Å². The second kappa shape index (κ2) is 7.96. The fourth-order valence-electron chi connectivity index (χ4n) is 2.14. The van der Waals surface area contributed by atoms with Gasteiger partial charge < -0.3 is 10.6 Å². The van der Waals surface area contributed by atoms with Gasteiger partial charge in [0.15, 0.2) is 0 Å². The zero-order valence-electron chi connectivity index (χ0n) is 13.0. The van der Waals surface area contributed by atoms with Crippen LogP contribution in [0.4, 0.5) is 11.4 Å². The number of pyridine rings is 2. The molecule has 0 saturated carbocycles. The molecule has 7 heteroatoms. The molecule has 0 spiro atoms. The Hall–Kier alpha value is -2.63. The molecule has 0 bridgehead atoms. The van der Waals surface area contributed by atoms with Gasteiger partial charge in [-0.15, -0.1) is 0 Å². The summed E-state index contributed by atoms with van der Waals surface area (Å²) in [6.45, 7) is 0.339. The van der Waals surface area contributed by atoms with Gasteiger partial charge in [0.2, 0.25) is 0 Å². The molecule has 126 valence electrons. The van der Waals surface area contributed by atoms with E-state index in [9.17, 15) is 4.79 Å². The lowest BCUT2D eigenvalue weighted by atomic mass is 10.2. The van der Waals surface area contributed by atoms with Gasteiger partial charge in [0.1, 0.15) is 5.69 Å². The topological polar surface area (TPSA) is 66.9 Å². The van der Waals surface area contributed by atoms with Gasteiger partial charge in [-0.05, 0) is 42.5 Å². The van der Waals surface area contributed by atoms with Crippen molar-refractivity contribution in [1.29, 1.82) is 0 Å². The summed E-state index contributed by atoms with van der Waals surface area (Å²) < 4.78 is 0. The summed E-state index contributed by atoms with van der Waals surface area (Å²) in [5.41, 5.74) is 2.57. The summed E-state index contributed by atoms with van der Waals surface area (Å²) in [5, 5.41) is 6.89. The Kier molecular flexibility index (Phi) is 5.48. The van der Waals surface area contributed by atoms with Crippen LogP contribution in [-0.4, -0.2) is 15.9 Å². The summed E-state index contributed by atoms with van der Waals surface area (Å²) in [6.07, 6.45) is 3.25. The highest BCUT2D eigenvalue weighted by atomic mass is 35.5. The number of hydrogen-bond donors (Lipinski definition) is 2. The number of amides is 1. The van der Waals surface area contributed by atoms with Crippen molar-refractivity contribution in [3.63, 3.8) is 0 Å². The van der Waals surface area contributed by atoms with Gasteiger partial charge in [-0.3, -0.25) is 14.8 Å². The molecule has 25 heavy (non-hydrogen) atoms. The SMILES string of the molecule is O=C(NCc1ccccn1)c1cc(Nc2ccc(Cl)c(Cl)c2)ccn1. The molecule has 0 aliphatic rings. The molecule has 0 radical (unpaired) electrons. The Morgan fingerprint density at radius 1 is 0.920 bits per heavy atom. The number of carbonyl (C=O) groups excluding carboxylic acids is 1. The van der Waals surface area contributed by atoms with E-state index in [1.165, 1.54) is 0 Å². The molecule has 0 fully saturated rings. The summed E-state index contributed by atoms with van der Waals surface area (Å²) in [6, 6.07) is 14.2. The second-order valence-electron chi connectivity index (χ2n) is 5.19. The van der Waals surface area contributed by atoms with Crippen LogP contribution in [0.5, 0.6) is 0 Å². The molecular weight excluding hydrogens is 359 g/mol. The predicted molar refractivity (Wildman–Crippen MR) is 99.4 cm³/mol. The summed E-state index contributed by atoms with van der Waals surface area (Å²) in [5.74, 6) is -0.275. The number of anilines is 2. The van der Waals surface area contributed by atoms with Crippen molar-refractivity contribution in [2.75, 3.05) is 5.32 Å². The molecule has 3 rings (SSSR count). The van der Waals surface area contributed by atoms with E-state index in [1.54, 1.807) is 42.7 Å². The lowest BCUT2D eigenvalue weighted by Gasteiger charge is -2.09. The molecule has 0 saturated heterocycles. The Labute approximate surface area is 155 Å². The number of nitrogens with one attached hydrogen (secondary N) is 2. The van der Waals surface area contributed by atoms with E-state index in [4.69, 9.17) is 23.2 Å². The number of halogens is 2. The Morgan fingerprint density at radius 2 is 1.76 bits per heavy atom. The molecule has 0 aliphatic carbocycles. The molecule has 2 N–H and O–H groups in total. The molecular formula is C18H14Cl2N4O. The molecule has 1 aromatic carbocycles. The van der Waals surface area contributed by atoms with Crippen molar-refractivity contribution in [3.05, 3.63) is 82.4 Å². The highest BCUT2D eigenvalue weighted by Crippen LogP contribution is 2.27. The molecule has 1 amide bonds. The maximum absolute atomic E-state index is 12.3. The molecule has 2 heterocycles. The number of hydrogen-bond acceptors (Lipinski definition) is 4. The van der Waals surface area contributed by atoms with Crippen LogP contribution in [0.25, 0.3) is 0 Å². The van der Waals surface area contributed by atoms with Crippen LogP contribution >= 0.6 is 23.2 Å². The minimum Gasteiger partial charge on any atom is -0.355 e. The monoisotopic (exact) mass is 372 g/mol. The Balaban J connectivity index is 1.68. The van der Waals surface area contributed by atoms with E-state index in [-0.39, 0.29) is 5.91 Å². The van der Waals surface area contributed by atoms with Crippen molar-refractivity contribution >= 4 is 40.5 Å². The third-order valence-electron chi connectivity index (χ3n) is 3.36. The summed E-state index contributed by atoms with van der Waals surface area (Å²) in [4.78, 5) is 20.5. The predicted octanol–water partition coefficient (Wildman–Crippen LogP) is 4.46. The van der Waals surface area contributed by atoms with Crippen LogP contribution in [0.15, 0.2) is 60.9 Å². The fraction of sp³-hybridized carbons (Fsp3) is 0.0556. The van der Waals surface area contributed by atoms with E-state index in [0.717, 1.165) is 17.1 Å². The zero-order chi connectivity index (χ0) is 17.6. The van der Waals surface area contributed by atoms with E-state index in [0.29, 0.717) is 22.3 Å². The Morgan fingerprint density at radius 3 is 2.52 bits per heavy atom. The molecule has 0 atom stereocenters. The second-order valence-corrected chi connectivity index (χ2v) is 6.00. The molecule has 5 nitrogen and oxygen atoms in total. The van der Waals surface area contributed by atoms with Crippen LogP contribution in [0, 0.1) is 0 Å². The van der Waals surface area contributed by atoms with Crippen molar-refractivity contribution in [2.45, 2.75) is 6.54 Å². The van der Waals surface area contributed by atoms with E-state index in [2.05, 4.69) is 20.6 Å². The first-order valence-corrected chi connectivity index (χ1v) is 8.23. The maximum atomic E-state index is 12.3. The highest BCUT2D eigenvalue weighted by molar-refractivity contribution is 6.42. The number of nitrogens with zero attached hydrogens (tertiary/aromatic N) is 2. The van der Waals surface area contributed by atoms with Crippen molar-refractivity contribution < 1.29 is 4.79 Å². The van der Waals surface area contributed by atoms with Crippen molar-refractivity contribution in [3.8, 4) is 0 Å². The first-order valence-electron chi connectivity index (χ1n) is 7.48. The van der Waals surface area contributed by atoms with Crippen LogP contribution in [-0.2, 0) is 6.54 Å². The van der Waals surface area contributed by atoms with Crippen LogP contribution in [0.2, 0.25) is 10.0 Å². The minimum atomic E-state index is -0.275. The largest absolute Gasteiger partial charge is 0.355 e. The first kappa shape index (κ1) is 17.2. The van der Waals surface area contributed by atoms with Gasteiger partial charge in [-0.1, -0.05) is 29.3 Å². The standard InChI is InChI=1S/C18H14Cl2N4O/c19-15-5-4-12(9-16(15)20)24-13-6-8-22-17(10-13)18(25)23-11-14-3-1-2-7-21-14/h1-10H,11H2,(H,22,24)(H,23,25). The first-order chi connectivity index (χ1) is 12.1. The van der Waals surface area contributed by atoms with Crippen LogP contribution in [0.3, 0.4) is 0 Å². The number of aromatic nitrogens is 2. The summed E-state index contributed by atoms with van der Waals surface area (Å²) >= 11 is 11.9. The minimum absolute atomic E-state index is 0.275. The Bertz CT molecular complexity index is 887. The zero-order valence-corrected chi connectivity index (χ0v) is 14.6. The molecule has 2 aromatic heterocycles. The molecule has 0 aliphatic heterocycles. The summed E-state index contributed by atoms with van der Waals surface area (Å²) in [7, 11) is 0. The molecule has 3 aromatic rings. The van der Waals surface area contributed by atoms with E-state index in [1.807, 2.05) is 18.2 Å². The lowest BCUT2D eigenvalue weighted by Crippen LogP contribution is -2.24. The van der Waals surface area contributed by atoms with Gasteiger partial charge in [0.25, 0.3) is 5.91 Å². The van der Waals surface area contributed by atoms with Crippen molar-refractivity contribution in [2.24, 2.45) is 0 Å². The third-order valence-corrected chi connectivity index (χ3v) is 4.10. The third kappa shape index (κ3) is 4.68. The van der Waals surface area contributed by atoms with E-state index < -0.39 is 0 Å². The quantitative estimate of drug-likeness (QED) is 0.693.